The number of benzene rings is 1. The molecule has 1 unspecified atom stereocenters. The molecule has 3 rings (SSSR count). The van der Waals surface area contributed by atoms with E-state index in [2.05, 4.69) is 27.1 Å². The smallest absolute Gasteiger partial charge is 0.136 e. The lowest BCUT2D eigenvalue weighted by Crippen LogP contribution is -2.35. The van der Waals surface area contributed by atoms with E-state index in [9.17, 15) is 0 Å². The van der Waals surface area contributed by atoms with Gasteiger partial charge in [-0.1, -0.05) is 13.0 Å². The third kappa shape index (κ3) is 3.92. The maximum absolute atomic E-state index is 5.27. The van der Waals surface area contributed by atoms with Crippen molar-refractivity contribution in [1.82, 2.24) is 9.97 Å². The topological polar surface area (TPSA) is 50.3 Å². The van der Waals surface area contributed by atoms with Gasteiger partial charge in [0.15, 0.2) is 0 Å². The zero-order valence-corrected chi connectivity index (χ0v) is 14.0. The van der Waals surface area contributed by atoms with Crippen molar-refractivity contribution in [1.29, 1.82) is 0 Å². The van der Waals surface area contributed by atoms with Gasteiger partial charge in [0.1, 0.15) is 23.2 Å². The fraction of sp³-hybridized carbons (Fsp3) is 0.444. The van der Waals surface area contributed by atoms with Crippen LogP contribution in [-0.4, -0.2) is 30.2 Å². The number of rotatable bonds is 4. The van der Waals surface area contributed by atoms with Crippen LogP contribution in [0.15, 0.2) is 30.3 Å². The average molecular weight is 312 g/mol. The Bertz CT molecular complexity index is 674. The van der Waals surface area contributed by atoms with Crippen LogP contribution in [0.3, 0.4) is 0 Å². The molecule has 1 saturated heterocycles. The second kappa shape index (κ2) is 6.86. The number of anilines is 3. The highest BCUT2D eigenvalue weighted by atomic mass is 16.5. The van der Waals surface area contributed by atoms with Gasteiger partial charge < -0.3 is 15.0 Å². The third-order valence-corrected chi connectivity index (χ3v) is 4.15. The van der Waals surface area contributed by atoms with Crippen LogP contribution in [0.25, 0.3) is 0 Å². The fourth-order valence-electron chi connectivity index (χ4n) is 3.02. The summed E-state index contributed by atoms with van der Waals surface area (Å²) in [5, 5.41) is 3.35. The van der Waals surface area contributed by atoms with Gasteiger partial charge in [0.25, 0.3) is 0 Å². The Morgan fingerprint density at radius 2 is 2.13 bits per heavy atom. The first-order valence-electron chi connectivity index (χ1n) is 8.16. The van der Waals surface area contributed by atoms with E-state index in [4.69, 9.17) is 4.74 Å². The Balaban J connectivity index is 1.82. The Hall–Kier alpha value is -2.30. The fourth-order valence-corrected chi connectivity index (χ4v) is 3.02. The van der Waals surface area contributed by atoms with Gasteiger partial charge in [-0.15, -0.1) is 0 Å². The summed E-state index contributed by atoms with van der Waals surface area (Å²) in [6.07, 6.45) is 2.53. The van der Waals surface area contributed by atoms with Crippen molar-refractivity contribution in [2.75, 3.05) is 30.4 Å². The van der Waals surface area contributed by atoms with Gasteiger partial charge >= 0.3 is 0 Å². The number of ether oxygens (including phenoxy) is 1. The minimum absolute atomic E-state index is 0.716. The van der Waals surface area contributed by atoms with Crippen LogP contribution in [0.4, 0.5) is 17.3 Å². The molecule has 23 heavy (non-hydrogen) atoms. The maximum atomic E-state index is 5.27. The number of aryl methyl sites for hydroxylation is 1. The minimum Gasteiger partial charge on any atom is -0.497 e. The molecule has 5 nitrogen and oxygen atoms in total. The van der Waals surface area contributed by atoms with Gasteiger partial charge in [0.2, 0.25) is 0 Å². The summed E-state index contributed by atoms with van der Waals surface area (Å²) in [5.41, 5.74) is 0.959. The van der Waals surface area contributed by atoms with E-state index in [1.165, 1.54) is 12.8 Å². The molecule has 2 aromatic rings. The predicted molar refractivity (Wildman–Crippen MR) is 93.7 cm³/mol. The molecule has 122 valence electrons. The molecule has 0 aliphatic carbocycles. The van der Waals surface area contributed by atoms with E-state index in [1.807, 2.05) is 37.3 Å². The Morgan fingerprint density at radius 1 is 1.26 bits per heavy atom. The number of methoxy groups -OCH3 is 1. The molecule has 2 heterocycles. The number of piperidine rings is 1. The SMILES string of the molecule is COc1cccc(Nc2cc(N3CCCC(C)C3)nc(C)n2)c1. The normalized spacial score (nSPS) is 17.9. The standard InChI is InChI=1S/C18H24N4O/c1-13-6-5-9-22(12-13)18-11-17(19-14(2)20-18)21-15-7-4-8-16(10-15)23-3/h4,7-8,10-11,13H,5-6,9,12H2,1-3H3,(H,19,20,21). The molecule has 1 atom stereocenters. The minimum atomic E-state index is 0.716. The lowest BCUT2D eigenvalue weighted by Gasteiger charge is -2.32. The maximum Gasteiger partial charge on any atom is 0.136 e. The Morgan fingerprint density at radius 3 is 2.91 bits per heavy atom. The van der Waals surface area contributed by atoms with Gasteiger partial charge in [-0.25, -0.2) is 9.97 Å². The third-order valence-electron chi connectivity index (χ3n) is 4.15. The molecule has 1 aliphatic heterocycles. The molecule has 1 N–H and O–H groups in total. The Labute approximate surface area is 137 Å². The second-order valence-electron chi connectivity index (χ2n) is 6.21. The zero-order valence-electron chi connectivity index (χ0n) is 14.0. The van der Waals surface area contributed by atoms with Gasteiger partial charge in [-0.2, -0.15) is 0 Å². The summed E-state index contributed by atoms with van der Waals surface area (Å²) in [7, 11) is 1.67. The zero-order chi connectivity index (χ0) is 16.2. The highest BCUT2D eigenvalue weighted by Gasteiger charge is 2.18. The molecule has 1 aromatic heterocycles. The number of nitrogens with one attached hydrogen (secondary N) is 1. The van der Waals surface area contributed by atoms with E-state index in [1.54, 1.807) is 7.11 Å². The summed E-state index contributed by atoms with van der Waals surface area (Å²) in [6.45, 7) is 6.37. The lowest BCUT2D eigenvalue weighted by atomic mass is 10.0. The van der Waals surface area contributed by atoms with Crippen LogP contribution < -0.4 is 15.0 Å². The monoisotopic (exact) mass is 312 g/mol. The molecule has 1 fully saturated rings. The second-order valence-corrected chi connectivity index (χ2v) is 6.21. The van der Waals surface area contributed by atoms with Crippen molar-refractivity contribution in [2.24, 2.45) is 5.92 Å². The van der Waals surface area contributed by atoms with E-state index >= 15 is 0 Å². The summed E-state index contributed by atoms with van der Waals surface area (Å²) in [6, 6.07) is 9.88. The molecule has 0 saturated carbocycles. The van der Waals surface area contributed by atoms with Crippen LogP contribution in [0.2, 0.25) is 0 Å². The summed E-state index contributed by atoms with van der Waals surface area (Å²) in [5.74, 6) is 4.15. The molecule has 1 aromatic carbocycles. The molecular weight excluding hydrogens is 288 g/mol. The van der Waals surface area contributed by atoms with Crippen molar-refractivity contribution < 1.29 is 4.74 Å². The van der Waals surface area contributed by atoms with Crippen molar-refractivity contribution >= 4 is 17.3 Å². The van der Waals surface area contributed by atoms with Gasteiger partial charge in [-0.05, 0) is 37.8 Å². The summed E-state index contributed by atoms with van der Waals surface area (Å²) in [4.78, 5) is 11.5. The first-order chi connectivity index (χ1) is 11.1. The number of aromatic nitrogens is 2. The molecule has 0 spiro atoms. The number of nitrogens with zero attached hydrogens (tertiary/aromatic N) is 3. The first-order valence-corrected chi connectivity index (χ1v) is 8.16. The van der Waals surface area contributed by atoms with Crippen LogP contribution in [0.5, 0.6) is 5.75 Å². The van der Waals surface area contributed by atoms with Crippen molar-refractivity contribution in [3.63, 3.8) is 0 Å². The molecule has 5 heteroatoms. The average Bonchev–Trinajstić information content (AvgIpc) is 2.54. The lowest BCUT2D eigenvalue weighted by molar-refractivity contribution is 0.415. The molecule has 0 bridgehead atoms. The molecular formula is C18H24N4O. The Kier molecular flexibility index (Phi) is 4.65. The highest BCUT2D eigenvalue weighted by molar-refractivity contribution is 5.61. The summed E-state index contributed by atoms with van der Waals surface area (Å²) < 4.78 is 5.27. The van der Waals surface area contributed by atoms with Gasteiger partial charge in [0, 0.05) is 30.9 Å². The molecule has 0 amide bonds. The number of hydrogen-bond acceptors (Lipinski definition) is 5. The van der Waals surface area contributed by atoms with Crippen LogP contribution in [0.1, 0.15) is 25.6 Å². The van der Waals surface area contributed by atoms with Crippen LogP contribution in [0, 0.1) is 12.8 Å². The first kappa shape index (κ1) is 15.6. The quantitative estimate of drug-likeness (QED) is 0.931. The van der Waals surface area contributed by atoms with E-state index in [-0.39, 0.29) is 0 Å². The van der Waals surface area contributed by atoms with Gasteiger partial charge in [-0.3, -0.25) is 0 Å². The van der Waals surface area contributed by atoms with Gasteiger partial charge in [0.05, 0.1) is 7.11 Å². The highest BCUT2D eigenvalue weighted by Crippen LogP contribution is 2.25. The largest absolute Gasteiger partial charge is 0.497 e. The van der Waals surface area contributed by atoms with Crippen LogP contribution in [-0.2, 0) is 0 Å². The van der Waals surface area contributed by atoms with E-state index in [0.717, 1.165) is 42.0 Å². The van der Waals surface area contributed by atoms with Crippen molar-refractivity contribution in [2.45, 2.75) is 26.7 Å². The number of hydrogen-bond donors (Lipinski definition) is 1. The van der Waals surface area contributed by atoms with Crippen molar-refractivity contribution in [3.8, 4) is 5.75 Å². The predicted octanol–water partition coefficient (Wildman–Crippen LogP) is 3.77. The van der Waals surface area contributed by atoms with E-state index < -0.39 is 0 Å². The van der Waals surface area contributed by atoms with Crippen LogP contribution >= 0.6 is 0 Å². The molecule has 1 aliphatic rings. The van der Waals surface area contributed by atoms with E-state index in [0.29, 0.717) is 5.92 Å². The summed E-state index contributed by atoms with van der Waals surface area (Å²) >= 11 is 0. The van der Waals surface area contributed by atoms with Crippen molar-refractivity contribution in [3.05, 3.63) is 36.2 Å². The molecule has 0 radical (unpaired) electrons.